The van der Waals surface area contributed by atoms with E-state index in [0.29, 0.717) is 0 Å². The van der Waals surface area contributed by atoms with E-state index in [1.165, 1.54) is 27.9 Å². The Balaban J connectivity index is 1.97. The van der Waals surface area contributed by atoms with Crippen LogP contribution in [0.1, 0.15) is 17.0 Å². The number of hydrogen-bond donors (Lipinski definition) is 0. The lowest BCUT2D eigenvalue weighted by molar-refractivity contribution is 0.959. The highest BCUT2D eigenvalue weighted by Gasteiger charge is 2.21. The number of aromatic nitrogens is 2. The van der Waals surface area contributed by atoms with Gasteiger partial charge in [-0.15, -0.1) is 0 Å². The first-order valence-electron chi connectivity index (χ1n) is 6.55. The molecule has 3 aromatic rings. The molecule has 0 saturated heterocycles. The van der Waals surface area contributed by atoms with Crippen LogP contribution >= 0.6 is 0 Å². The van der Waals surface area contributed by atoms with Crippen molar-refractivity contribution in [3.8, 4) is 16.8 Å². The van der Waals surface area contributed by atoms with Gasteiger partial charge in [-0.25, -0.2) is 4.98 Å². The second-order valence-electron chi connectivity index (χ2n) is 4.98. The Kier molecular flexibility index (Phi) is 2.12. The molecule has 0 bridgehead atoms. The van der Waals surface area contributed by atoms with Gasteiger partial charge in [0.2, 0.25) is 0 Å². The third-order valence-electron chi connectivity index (χ3n) is 3.91. The molecule has 1 aromatic heterocycles. The van der Waals surface area contributed by atoms with Gasteiger partial charge in [-0.05, 0) is 35.2 Å². The highest BCUT2D eigenvalue weighted by atomic mass is 15.1. The maximum Gasteiger partial charge on any atom is 0.110 e. The summed E-state index contributed by atoms with van der Waals surface area (Å²) >= 11 is 0. The monoisotopic (exact) mass is 246 g/mol. The number of nitrogens with zero attached hydrogens (tertiary/aromatic N) is 2. The van der Waals surface area contributed by atoms with E-state index in [-0.39, 0.29) is 0 Å². The van der Waals surface area contributed by atoms with Gasteiger partial charge in [0.25, 0.3) is 0 Å². The van der Waals surface area contributed by atoms with E-state index in [4.69, 9.17) is 0 Å². The summed E-state index contributed by atoms with van der Waals surface area (Å²) in [5.41, 5.74) is 6.81. The molecular formula is C17H14N2. The molecule has 2 nitrogen and oxygen atoms in total. The number of aryl methyl sites for hydroxylation is 1. The Labute approximate surface area is 112 Å². The molecule has 0 N–H and O–H groups in total. The average molecular weight is 246 g/mol. The molecule has 0 amide bonds. The topological polar surface area (TPSA) is 17.8 Å². The second kappa shape index (κ2) is 3.82. The Hall–Kier alpha value is -2.35. The fourth-order valence-electron chi connectivity index (χ4n) is 3.00. The van der Waals surface area contributed by atoms with E-state index in [9.17, 15) is 0 Å². The van der Waals surface area contributed by atoms with Gasteiger partial charge in [-0.2, -0.15) is 0 Å². The summed E-state index contributed by atoms with van der Waals surface area (Å²) < 4.78 is 2.17. The molecule has 0 radical (unpaired) electrons. The maximum atomic E-state index is 4.33. The van der Waals surface area contributed by atoms with Crippen LogP contribution in [-0.4, -0.2) is 9.55 Å². The van der Waals surface area contributed by atoms with Crippen molar-refractivity contribution in [3.05, 3.63) is 71.8 Å². The summed E-state index contributed by atoms with van der Waals surface area (Å²) in [6.45, 7) is 2.04. The Morgan fingerprint density at radius 1 is 1.00 bits per heavy atom. The molecule has 0 spiro atoms. The van der Waals surface area contributed by atoms with Crippen LogP contribution in [0.25, 0.3) is 16.8 Å². The van der Waals surface area contributed by atoms with Gasteiger partial charge in [0, 0.05) is 18.8 Å². The maximum absolute atomic E-state index is 4.33. The van der Waals surface area contributed by atoms with Crippen LogP contribution in [0.5, 0.6) is 0 Å². The van der Waals surface area contributed by atoms with Gasteiger partial charge in [0.15, 0.2) is 0 Å². The molecule has 0 saturated carbocycles. The Morgan fingerprint density at radius 2 is 1.84 bits per heavy atom. The normalized spacial score (nSPS) is 12.3. The van der Waals surface area contributed by atoms with Crippen molar-refractivity contribution in [3.63, 3.8) is 0 Å². The predicted molar refractivity (Wildman–Crippen MR) is 76.5 cm³/mol. The van der Waals surface area contributed by atoms with E-state index < -0.39 is 0 Å². The predicted octanol–water partition coefficient (Wildman–Crippen LogP) is 3.75. The minimum absolute atomic E-state index is 1.01. The zero-order valence-corrected chi connectivity index (χ0v) is 10.8. The minimum atomic E-state index is 1.01. The van der Waals surface area contributed by atoms with E-state index >= 15 is 0 Å². The van der Waals surface area contributed by atoms with Crippen molar-refractivity contribution in [2.75, 3.05) is 0 Å². The molecule has 92 valence electrons. The summed E-state index contributed by atoms with van der Waals surface area (Å²) in [6.07, 6.45) is 4.91. The summed E-state index contributed by atoms with van der Waals surface area (Å²) in [6, 6.07) is 15.2. The average Bonchev–Trinajstić information content (AvgIpc) is 3.02. The molecule has 2 aromatic carbocycles. The molecule has 1 aliphatic rings. The van der Waals surface area contributed by atoms with Gasteiger partial charge in [0.05, 0.1) is 5.69 Å². The largest absolute Gasteiger partial charge is 0.304 e. The quantitative estimate of drug-likeness (QED) is 0.500. The summed E-state index contributed by atoms with van der Waals surface area (Å²) in [4.78, 5) is 4.33. The Morgan fingerprint density at radius 3 is 2.68 bits per heavy atom. The molecule has 1 aliphatic carbocycles. The van der Waals surface area contributed by atoms with E-state index in [2.05, 4.69) is 52.0 Å². The molecule has 0 fully saturated rings. The van der Waals surface area contributed by atoms with Crippen LogP contribution in [0.2, 0.25) is 0 Å². The first-order valence-corrected chi connectivity index (χ1v) is 6.55. The number of rotatable bonds is 1. The molecule has 0 aliphatic heterocycles. The fourth-order valence-corrected chi connectivity index (χ4v) is 3.00. The third-order valence-corrected chi connectivity index (χ3v) is 3.91. The first-order chi connectivity index (χ1) is 9.34. The van der Waals surface area contributed by atoms with Crippen LogP contribution in [0, 0.1) is 6.92 Å². The standard InChI is InChI=1S/C17H14N2/c1-12-18-9-10-19(12)17-8-4-7-15-14-6-3-2-5-13(14)11-16(15)17/h2-10H,11H2,1H3. The third kappa shape index (κ3) is 1.46. The molecule has 19 heavy (non-hydrogen) atoms. The van der Waals surface area contributed by atoms with Crippen molar-refractivity contribution in [2.45, 2.75) is 13.3 Å². The fraction of sp³-hybridized carbons (Fsp3) is 0.118. The van der Waals surface area contributed by atoms with Crippen LogP contribution < -0.4 is 0 Å². The minimum Gasteiger partial charge on any atom is -0.304 e. The van der Waals surface area contributed by atoms with Gasteiger partial charge in [0.1, 0.15) is 5.82 Å². The second-order valence-corrected chi connectivity index (χ2v) is 4.98. The van der Waals surface area contributed by atoms with Gasteiger partial charge >= 0.3 is 0 Å². The number of hydrogen-bond acceptors (Lipinski definition) is 1. The van der Waals surface area contributed by atoms with E-state index in [1.54, 1.807) is 0 Å². The molecule has 0 unspecified atom stereocenters. The molecule has 0 atom stereocenters. The van der Waals surface area contributed by atoms with E-state index in [1.807, 2.05) is 19.3 Å². The van der Waals surface area contributed by atoms with Crippen molar-refractivity contribution in [2.24, 2.45) is 0 Å². The van der Waals surface area contributed by atoms with Crippen molar-refractivity contribution in [1.82, 2.24) is 9.55 Å². The molecule has 1 heterocycles. The highest BCUT2D eigenvalue weighted by molar-refractivity contribution is 5.79. The van der Waals surface area contributed by atoms with Crippen LogP contribution in [0.3, 0.4) is 0 Å². The summed E-state index contributed by atoms with van der Waals surface area (Å²) in [5.74, 6) is 1.03. The zero-order chi connectivity index (χ0) is 12.8. The molecule has 2 heteroatoms. The van der Waals surface area contributed by atoms with Crippen LogP contribution in [0.4, 0.5) is 0 Å². The molecular weight excluding hydrogens is 232 g/mol. The SMILES string of the molecule is Cc1nccn1-c1cccc2c1Cc1ccccc1-2. The van der Waals surface area contributed by atoms with Gasteiger partial charge < -0.3 is 4.57 Å². The first kappa shape index (κ1) is 10.6. The zero-order valence-electron chi connectivity index (χ0n) is 10.8. The van der Waals surface area contributed by atoms with Crippen molar-refractivity contribution < 1.29 is 0 Å². The lowest BCUT2D eigenvalue weighted by atomic mass is 10.0. The summed E-state index contributed by atoms with van der Waals surface area (Å²) in [7, 11) is 0. The molecule has 4 rings (SSSR count). The lowest BCUT2D eigenvalue weighted by Crippen LogP contribution is -1.99. The number of imidazole rings is 1. The summed E-state index contributed by atoms with van der Waals surface area (Å²) in [5, 5.41) is 0. The highest BCUT2D eigenvalue weighted by Crippen LogP contribution is 2.39. The smallest absolute Gasteiger partial charge is 0.110 e. The van der Waals surface area contributed by atoms with Crippen LogP contribution in [-0.2, 0) is 6.42 Å². The van der Waals surface area contributed by atoms with Gasteiger partial charge in [-0.1, -0.05) is 36.4 Å². The van der Waals surface area contributed by atoms with Crippen molar-refractivity contribution >= 4 is 0 Å². The lowest BCUT2D eigenvalue weighted by Gasteiger charge is -2.10. The van der Waals surface area contributed by atoms with Crippen LogP contribution in [0.15, 0.2) is 54.9 Å². The number of fused-ring (bicyclic) bond motifs is 3. The van der Waals surface area contributed by atoms with Crippen molar-refractivity contribution in [1.29, 1.82) is 0 Å². The van der Waals surface area contributed by atoms with Gasteiger partial charge in [-0.3, -0.25) is 0 Å². The Bertz CT molecular complexity index is 768. The number of benzene rings is 2. The van der Waals surface area contributed by atoms with E-state index in [0.717, 1.165) is 12.2 Å².